The van der Waals surface area contributed by atoms with E-state index >= 15 is 0 Å². The first kappa shape index (κ1) is 30.3. The van der Waals surface area contributed by atoms with Gasteiger partial charge in [-0.2, -0.15) is 0 Å². The molecular formula is C31H33NO8S. The highest BCUT2D eigenvalue weighted by atomic mass is 32.2. The average molecular weight is 580 g/mol. The van der Waals surface area contributed by atoms with Crippen molar-refractivity contribution in [2.45, 2.75) is 62.9 Å². The summed E-state index contributed by atoms with van der Waals surface area (Å²) < 4.78 is 17.6. The molecule has 0 saturated carbocycles. The molecule has 0 radical (unpaired) electrons. The van der Waals surface area contributed by atoms with Gasteiger partial charge in [0.1, 0.15) is 0 Å². The molecule has 1 heterocycles. The minimum Gasteiger partial charge on any atom is -0.478 e. The number of thioether (sulfide) groups is 1. The molecule has 4 atom stereocenters. The van der Waals surface area contributed by atoms with E-state index < -0.39 is 24.3 Å². The van der Waals surface area contributed by atoms with Crippen LogP contribution in [0.3, 0.4) is 0 Å². The Morgan fingerprint density at radius 2 is 1.63 bits per heavy atom. The summed E-state index contributed by atoms with van der Waals surface area (Å²) in [6, 6.07) is 22.0. The molecule has 1 aliphatic heterocycles. The number of aliphatic hydroxyl groups excluding tert-OH is 1. The average Bonchev–Trinajstić information content (AvgIpc) is 2.98. The molecule has 0 spiro atoms. The number of carboxylic acid groups (broad SMARTS) is 1. The van der Waals surface area contributed by atoms with Crippen LogP contribution in [0.2, 0.25) is 0 Å². The summed E-state index contributed by atoms with van der Waals surface area (Å²) in [6.07, 6.45) is -1.48. The molecule has 216 valence electrons. The molecule has 0 unspecified atom stereocenters. The zero-order chi connectivity index (χ0) is 29.4. The molecule has 10 heteroatoms. The van der Waals surface area contributed by atoms with Gasteiger partial charge in [0.15, 0.2) is 12.4 Å². The van der Waals surface area contributed by atoms with Crippen molar-refractivity contribution in [3.8, 4) is 0 Å². The minimum absolute atomic E-state index is 0.0464. The van der Waals surface area contributed by atoms with E-state index in [1.807, 2.05) is 54.6 Å². The quantitative estimate of drug-likeness (QED) is 0.217. The second kappa shape index (κ2) is 14.3. The predicted octanol–water partition coefficient (Wildman–Crippen LogP) is 4.78. The number of rotatable bonds is 11. The van der Waals surface area contributed by atoms with Gasteiger partial charge >= 0.3 is 11.9 Å². The Balaban J connectivity index is 1.47. The van der Waals surface area contributed by atoms with Crippen LogP contribution < -0.4 is 5.32 Å². The summed E-state index contributed by atoms with van der Waals surface area (Å²) in [6.45, 7) is 2.99. The highest BCUT2D eigenvalue weighted by Gasteiger charge is 2.32. The first-order valence-electron chi connectivity index (χ1n) is 13.2. The number of ether oxygens (including phenoxy) is 3. The summed E-state index contributed by atoms with van der Waals surface area (Å²) in [4.78, 5) is 35.6. The maximum atomic E-state index is 12.2. The molecule has 1 saturated heterocycles. The molecule has 3 aromatic rings. The van der Waals surface area contributed by atoms with E-state index in [9.17, 15) is 24.6 Å². The van der Waals surface area contributed by atoms with Crippen molar-refractivity contribution >= 4 is 29.6 Å². The van der Waals surface area contributed by atoms with Crippen LogP contribution in [0, 0.1) is 0 Å². The minimum atomic E-state index is -0.974. The molecule has 9 nitrogen and oxygen atoms in total. The lowest BCUT2D eigenvalue weighted by atomic mass is 10.0. The van der Waals surface area contributed by atoms with Gasteiger partial charge in [-0.05, 0) is 35.7 Å². The molecule has 3 aromatic carbocycles. The fourth-order valence-electron chi connectivity index (χ4n) is 4.40. The number of carbonyl (C=O) groups is 3. The van der Waals surface area contributed by atoms with Crippen LogP contribution >= 0.6 is 11.8 Å². The number of amides is 1. The molecule has 41 heavy (non-hydrogen) atoms. The number of esters is 1. The highest BCUT2D eigenvalue weighted by Crippen LogP contribution is 2.39. The van der Waals surface area contributed by atoms with Gasteiger partial charge < -0.3 is 29.7 Å². The van der Waals surface area contributed by atoms with Crippen molar-refractivity contribution in [2.75, 3.05) is 5.75 Å². The number of carboxylic acids is 1. The lowest BCUT2D eigenvalue weighted by Gasteiger charge is -2.36. The summed E-state index contributed by atoms with van der Waals surface area (Å²) >= 11 is 1.43. The molecule has 4 rings (SSSR count). The van der Waals surface area contributed by atoms with E-state index in [0.29, 0.717) is 17.1 Å². The van der Waals surface area contributed by atoms with Crippen LogP contribution in [-0.4, -0.2) is 46.0 Å². The van der Waals surface area contributed by atoms with E-state index in [2.05, 4.69) is 5.32 Å². The Labute approximate surface area is 242 Å². The third kappa shape index (κ3) is 8.40. The van der Waals surface area contributed by atoms with Gasteiger partial charge in [0, 0.05) is 36.1 Å². The third-order valence-corrected chi connectivity index (χ3v) is 7.79. The Morgan fingerprint density at radius 3 is 2.29 bits per heavy atom. The van der Waals surface area contributed by atoms with Gasteiger partial charge in [-0.25, -0.2) is 4.79 Å². The number of aromatic carboxylic acids is 1. The van der Waals surface area contributed by atoms with E-state index in [4.69, 9.17) is 14.2 Å². The second-order valence-electron chi connectivity index (χ2n) is 9.67. The summed E-state index contributed by atoms with van der Waals surface area (Å²) in [5.74, 6) is -1.35. The van der Waals surface area contributed by atoms with Crippen LogP contribution in [0.25, 0.3) is 0 Å². The van der Waals surface area contributed by atoms with Crippen molar-refractivity contribution in [1.82, 2.24) is 5.32 Å². The molecule has 0 bridgehead atoms. The molecule has 1 fully saturated rings. The molecule has 3 N–H and O–H groups in total. The lowest BCUT2D eigenvalue weighted by molar-refractivity contribution is -0.245. The Hall–Kier alpha value is -3.70. The lowest BCUT2D eigenvalue weighted by Crippen LogP contribution is -2.35. The molecule has 0 aliphatic carbocycles. The smallest absolute Gasteiger partial charge is 0.336 e. The van der Waals surface area contributed by atoms with Crippen LogP contribution in [0.1, 0.15) is 65.3 Å². The zero-order valence-corrected chi connectivity index (χ0v) is 23.6. The molecular weight excluding hydrogens is 546 g/mol. The normalized spacial score (nSPS) is 19.2. The topological polar surface area (TPSA) is 131 Å². The van der Waals surface area contributed by atoms with Crippen molar-refractivity contribution < 1.29 is 38.8 Å². The molecule has 1 amide bonds. The van der Waals surface area contributed by atoms with Crippen molar-refractivity contribution in [1.29, 1.82) is 0 Å². The summed E-state index contributed by atoms with van der Waals surface area (Å²) in [5, 5.41) is 21.7. The third-order valence-electron chi connectivity index (χ3n) is 6.59. The van der Waals surface area contributed by atoms with Crippen molar-refractivity contribution in [2.24, 2.45) is 0 Å². The van der Waals surface area contributed by atoms with Crippen LogP contribution in [-0.2, 0) is 37.0 Å². The fraction of sp³-hybridized carbons (Fsp3) is 0.323. The van der Waals surface area contributed by atoms with Crippen molar-refractivity contribution in [3.63, 3.8) is 0 Å². The van der Waals surface area contributed by atoms with Crippen molar-refractivity contribution in [3.05, 3.63) is 101 Å². The number of aliphatic hydroxyl groups is 1. The van der Waals surface area contributed by atoms with Crippen LogP contribution in [0.15, 0.2) is 77.7 Å². The standard InChI is InChI=1S/C31H33NO8S/c1-19(38-20(2)34)29(35)32-16-21-7-13-24(14-8-21)31-39-25(18-41-28-6-4-3-5-26(28)30(36)37)15-27(40-31)23-11-9-22(17-33)10-12-23/h3-14,19,25,27,31,33H,15-18H2,1-2H3,(H,32,35)(H,36,37)/t19-,25-,27+,31+/m0/s1. The molecule has 0 aromatic heterocycles. The van der Waals surface area contributed by atoms with Crippen LogP contribution in [0.4, 0.5) is 0 Å². The predicted molar refractivity (Wildman–Crippen MR) is 152 cm³/mol. The Bertz CT molecular complexity index is 1340. The summed E-state index contributed by atoms with van der Waals surface area (Å²) in [7, 11) is 0. The van der Waals surface area contributed by atoms with E-state index in [1.165, 1.54) is 25.6 Å². The highest BCUT2D eigenvalue weighted by molar-refractivity contribution is 7.99. The summed E-state index contributed by atoms with van der Waals surface area (Å²) in [5.41, 5.74) is 3.66. The first-order valence-corrected chi connectivity index (χ1v) is 14.2. The van der Waals surface area contributed by atoms with E-state index in [1.54, 1.807) is 18.2 Å². The largest absolute Gasteiger partial charge is 0.478 e. The van der Waals surface area contributed by atoms with Crippen LogP contribution in [0.5, 0.6) is 0 Å². The van der Waals surface area contributed by atoms with Gasteiger partial charge in [0.05, 0.1) is 24.4 Å². The van der Waals surface area contributed by atoms with Gasteiger partial charge in [0.2, 0.25) is 0 Å². The number of benzene rings is 3. The first-order chi connectivity index (χ1) is 19.7. The SMILES string of the molecule is CC(=O)O[C@@H](C)C(=O)NCc1ccc([C@@H]2O[C@H](CSc3ccccc3C(=O)O)C[C@H](c3ccc(CO)cc3)O2)cc1. The van der Waals surface area contributed by atoms with Gasteiger partial charge in [-0.3, -0.25) is 9.59 Å². The Kier molecular flexibility index (Phi) is 10.5. The zero-order valence-electron chi connectivity index (χ0n) is 22.8. The number of nitrogens with one attached hydrogen (secondary N) is 1. The van der Waals surface area contributed by atoms with E-state index in [0.717, 1.165) is 22.3 Å². The van der Waals surface area contributed by atoms with E-state index in [-0.39, 0.29) is 36.8 Å². The Morgan fingerprint density at radius 1 is 0.976 bits per heavy atom. The van der Waals surface area contributed by atoms with Gasteiger partial charge in [-0.1, -0.05) is 60.7 Å². The number of hydrogen-bond donors (Lipinski definition) is 3. The van der Waals surface area contributed by atoms with Gasteiger partial charge in [-0.15, -0.1) is 11.8 Å². The fourth-order valence-corrected chi connectivity index (χ4v) is 5.47. The second-order valence-corrected chi connectivity index (χ2v) is 10.7. The monoisotopic (exact) mass is 579 g/mol. The number of hydrogen-bond acceptors (Lipinski definition) is 8. The maximum Gasteiger partial charge on any atom is 0.336 e. The molecule has 1 aliphatic rings. The maximum absolute atomic E-state index is 12.2. The number of carbonyl (C=O) groups excluding carboxylic acids is 2. The van der Waals surface area contributed by atoms with Gasteiger partial charge in [0.25, 0.3) is 5.91 Å².